The summed E-state index contributed by atoms with van der Waals surface area (Å²) in [4.78, 5) is 37.6. The molecule has 140 valence electrons. The third-order valence-electron chi connectivity index (χ3n) is 3.69. The van der Waals surface area contributed by atoms with Crippen molar-refractivity contribution in [2.75, 3.05) is 26.2 Å². The lowest BCUT2D eigenvalue weighted by atomic mass is 10.1. The van der Waals surface area contributed by atoms with Gasteiger partial charge in [-0.15, -0.1) is 0 Å². The van der Waals surface area contributed by atoms with Gasteiger partial charge in [-0.25, -0.2) is 14.4 Å². The predicted molar refractivity (Wildman–Crippen MR) is 99.3 cm³/mol. The first-order valence-electron chi connectivity index (χ1n) is 7.93. The fourth-order valence-electron chi connectivity index (χ4n) is 2.42. The Morgan fingerprint density at radius 1 is 0.926 bits per heavy atom. The zero-order chi connectivity index (χ0) is 19.8. The van der Waals surface area contributed by atoms with Gasteiger partial charge in [0.2, 0.25) is 0 Å². The number of hydrogen-bond acceptors (Lipinski definition) is 7. The second kappa shape index (κ2) is 9.19. The molecule has 1 aliphatic rings. The molecule has 0 saturated heterocycles. The highest BCUT2D eigenvalue weighted by Gasteiger charge is 2.28. The molecular weight excluding hydrogens is 350 g/mol. The van der Waals surface area contributed by atoms with Crippen molar-refractivity contribution in [3.63, 3.8) is 0 Å². The van der Waals surface area contributed by atoms with Gasteiger partial charge in [-0.1, -0.05) is 24.3 Å². The number of rotatable bonds is 5. The maximum absolute atomic E-state index is 12.5. The van der Waals surface area contributed by atoms with Crippen molar-refractivity contribution >= 4 is 29.7 Å². The highest BCUT2D eigenvalue weighted by molar-refractivity contribution is 6.05. The monoisotopic (exact) mass is 369 g/mol. The van der Waals surface area contributed by atoms with Crippen LogP contribution in [0.3, 0.4) is 0 Å². The number of carbonyl (C=O) groups is 3. The minimum atomic E-state index is -0.710. The molecule has 0 amide bonds. The van der Waals surface area contributed by atoms with Gasteiger partial charge in [-0.05, 0) is 29.9 Å². The van der Waals surface area contributed by atoms with Crippen LogP contribution in [0.25, 0.3) is 6.08 Å². The average Bonchev–Trinajstić information content (AvgIpc) is 2.93. The lowest BCUT2D eigenvalue weighted by molar-refractivity contribution is -0.139. The average molecular weight is 369 g/mol. The molecule has 0 atom stereocenters. The van der Waals surface area contributed by atoms with Crippen LogP contribution in [0.2, 0.25) is 0 Å². The molecule has 1 heterocycles. The Kier molecular flexibility index (Phi) is 6.71. The Balaban J connectivity index is 2.65. The standard InChI is InChI=1S/C20H19NO6/c1-25-17(22)12-11-14-8-4-5-10-16(14)21-13-7-6-9-15(19(23)26-2)18(21)20(24)27-3/h4-13H,1-3H3. The normalized spacial score (nSPS) is 13.5. The number of para-hydroxylation sites is 1. The number of benzene rings is 1. The van der Waals surface area contributed by atoms with Crippen LogP contribution in [0, 0.1) is 0 Å². The molecule has 0 N–H and O–H groups in total. The number of carbonyl (C=O) groups excluding carboxylic acids is 3. The molecule has 1 aliphatic heterocycles. The van der Waals surface area contributed by atoms with E-state index in [9.17, 15) is 14.4 Å². The topological polar surface area (TPSA) is 82.1 Å². The van der Waals surface area contributed by atoms with Gasteiger partial charge in [0.05, 0.1) is 32.6 Å². The number of esters is 3. The maximum Gasteiger partial charge on any atom is 0.355 e. The predicted octanol–water partition coefficient (Wildman–Crippen LogP) is 2.36. The number of nitrogens with zero attached hydrogens (tertiary/aromatic N) is 1. The summed E-state index contributed by atoms with van der Waals surface area (Å²) in [5.41, 5.74) is 1.22. The van der Waals surface area contributed by atoms with E-state index in [0.717, 1.165) is 0 Å². The van der Waals surface area contributed by atoms with Crippen LogP contribution in [0.4, 0.5) is 5.69 Å². The Hall–Kier alpha value is -3.61. The molecule has 0 aliphatic carbocycles. The van der Waals surface area contributed by atoms with E-state index in [1.54, 1.807) is 48.7 Å². The molecule has 0 fully saturated rings. The Morgan fingerprint density at radius 2 is 1.63 bits per heavy atom. The molecule has 7 heteroatoms. The molecule has 0 radical (unpaired) electrons. The van der Waals surface area contributed by atoms with Crippen LogP contribution in [0.1, 0.15) is 5.56 Å². The Bertz CT molecular complexity index is 863. The van der Waals surface area contributed by atoms with Gasteiger partial charge < -0.3 is 19.1 Å². The molecule has 0 bridgehead atoms. The largest absolute Gasteiger partial charge is 0.466 e. The van der Waals surface area contributed by atoms with E-state index < -0.39 is 17.9 Å². The summed E-state index contributed by atoms with van der Waals surface area (Å²) in [6.07, 6.45) is 9.19. The van der Waals surface area contributed by atoms with Crippen LogP contribution in [0.15, 0.2) is 66.0 Å². The van der Waals surface area contributed by atoms with Crippen molar-refractivity contribution < 1.29 is 28.6 Å². The van der Waals surface area contributed by atoms with Gasteiger partial charge in [0.1, 0.15) is 5.70 Å². The van der Waals surface area contributed by atoms with Crippen LogP contribution in [-0.4, -0.2) is 39.2 Å². The molecule has 0 spiro atoms. The minimum absolute atomic E-state index is 0.00623. The van der Waals surface area contributed by atoms with Gasteiger partial charge >= 0.3 is 17.9 Å². The van der Waals surface area contributed by atoms with Crippen LogP contribution in [-0.2, 0) is 28.6 Å². The molecule has 1 aromatic rings. The quantitative estimate of drug-likeness (QED) is 0.448. The maximum atomic E-state index is 12.5. The first kappa shape index (κ1) is 19.7. The molecule has 0 saturated carbocycles. The summed E-state index contributed by atoms with van der Waals surface area (Å²) in [6, 6.07) is 7.05. The fourth-order valence-corrected chi connectivity index (χ4v) is 2.42. The van der Waals surface area contributed by atoms with E-state index in [1.165, 1.54) is 38.4 Å². The third kappa shape index (κ3) is 4.52. The lowest BCUT2D eigenvalue weighted by Gasteiger charge is -2.24. The number of allylic oxidation sites excluding steroid dienone is 2. The van der Waals surface area contributed by atoms with Crippen molar-refractivity contribution in [1.29, 1.82) is 0 Å². The van der Waals surface area contributed by atoms with Crippen molar-refractivity contribution in [3.8, 4) is 0 Å². The first-order valence-corrected chi connectivity index (χ1v) is 7.93. The van der Waals surface area contributed by atoms with Crippen molar-refractivity contribution in [2.45, 2.75) is 0 Å². The summed E-state index contributed by atoms with van der Waals surface area (Å²) in [7, 11) is 3.74. The molecule has 1 aromatic carbocycles. The van der Waals surface area contributed by atoms with Crippen molar-refractivity contribution in [1.82, 2.24) is 0 Å². The highest BCUT2D eigenvalue weighted by atomic mass is 16.5. The van der Waals surface area contributed by atoms with Crippen LogP contribution in [0.5, 0.6) is 0 Å². The summed E-state index contributed by atoms with van der Waals surface area (Å²) in [5, 5.41) is 0. The SMILES string of the molecule is COC(=O)C=Cc1ccccc1N1C=CC=CC(C(=O)OC)=C1C(=O)OC. The summed E-state index contributed by atoms with van der Waals surface area (Å²) < 4.78 is 14.3. The number of ether oxygens (including phenoxy) is 3. The second-order valence-corrected chi connectivity index (χ2v) is 5.23. The van der Waals surface area contributed by atoms with Gasteiger partial charge in [0, 0.05) is 12.3 Å². The highest BCUT2D eigenvalue weighted by Crippen LogP contribution is 2.30. The molecular formula is C20H19NO6. The van der Waals surface area contributed by atoms with Crippen LogP contribution >= 0.6 is 0 Å². The third-order valence-corrected chi connectivity index (χ3v) is 3.69. The smallest absolute Gasteiger partial charge is 0.355 e. The van der Waals surface area contributed by atoms with Crippen molar-refractivity contribution in [2.24, 2.45) is 0 Å². The van der Waals surface area contributed by atoms with Gasteiger partial charge in [0.15, 0.2) is 0 Å². The summed E-state index contributed by atoms with van der Waals surface area (Å²) >= 11 is 0. The lowest BCUT2D eigenvalue weighted by Crippen LogP contribution is -2.27. The fraction of sp³-hybridized carbons (Fsp3) is 0.150. The van der Waals surface area contributed by atoms with E-state index in [-0.39, 0.29) is 11.3 Å². The zero-order valence-electron chi connectivity index (χ0n) is 15.2. The second-order valence-electron chi connectivity index (χ2n) is 5.23. The Labute approximate surface area is 156 Å². The van der Waals surface area contributed by atoms with E-state index >= 15 is 0 Å². The number of anilines is 1. The van der Waals surface area contributed by atoms with E-state index in [2.05, 4.69) is 4.74 Å². The van der Waals surface area contributed by atoms with Gasteiger partial charge in [-0.3, -0.25) is 0 Å². The Morgan fingerprint density at radius 3 is 2.30 bits per heavy atom. The van der Waals surface area contributed by atoms with Crippen molar-refractivity contribution in [3.05, 3.63) is 71.6 Å². The molecule has 27 heavy (non-hydrogen) atoms. The minimum Gasteiger partial charge on any atom is -0.466 e. The molecule has 0 unspecified atom stereocenters. The van der Waals surface area contributed by atoms with E-state index in [0.29, 0.717) is 11.3 Å². The van der Waals surface area contributed by atoms with Gasteiger partial charge in [-0.2, -0.15) is 0 Å². The molecule has 2 rings (SSSR count). The molecule has 0 aromatic heterocycles. The van der Waals surface area contributed by atoms with E-state index in [1.807, 2.05) is 0 Å². The van der Waals surface area contributed by atoms with E-state index in [4.69, 9.17) is 9.47 Å². The first-order chi connectivity index (χ1) is 13.0. The van der Waals surface area contributed by atoms with Crippen LogP contribution < -0.4 is 4.90 Å². The van der Waals surface area contributed by atoms with Gasteiger partial charge in [0.25, 0.3) is 0 Å². The number of methoxy groups -OCH3 is 3. The number of hydrogen-bond donors (Lipinski definition) is 0. The summed E-state index contributed by atoms with van der Waals surface area (Å²) in [5.74, 6) is -1.90. The zero-order valence-corrected chi connectivity index (χ0v) is 15.2. The molecule has 7 nitrogen and oxygen atoms in total. The summed E-state index contributed by atoms with van der Waals surface area (Å²) in [6.45, 7) is 0.